The average molecular weight is 314 g/mol. The van der Waals surface area contributed by atoms with Crippen molar-refractivity contribution in [1.82, 2.24) is 5.32 Å². The summed E-state index contributed by atoms with van der Waals surface area (Å²) in [6.45, 7) is 0.258. The molecule has 1 aromatic heterocycles. The third kappa shape index (κ3) is 3.79. The molecular weight excluding hydrogens is 301 g/mol. The van der Waals surface area contributed by atoms with E-state index in [1.807, 2.05) is 0 Å². The van der Waals surface area contributed by atoms with Gasteiger partial charge in [0.05, 0.1) is 15.3 Å². The maximum Gasteiger partial charge on any atom is 0.261 e. The molecule has 0 aliphatic heterocycles. The van der Waals surface area contributed by atoms with Gasteiger partial charge in [0.25, 0.3) is 5.91 Å². The summed E-state index contributed by atoms with van der Waals surface area (Å²) < 4.78 is 19.0. The van der Waals surface area contributed by atoms with E-state index in [1.54, 1.807) is 24.3 Å². The SMILES string of the molecule is COC(CNC(=O)c1ccc(Cl)s1)c1cccc(F)c1. The summed E-state index contributed by atoms with van der Waals surface area (Å²) in [4.78, 5) is 12.4. The number of hydrogen-bond donors (Lipinski definition) is 1. The Morgan fingerprint density at radius 2 is 2.25 bits per heavy atom. The van der Waals surface area contributed by atoms with E-state index in [-0.39, 0.29) is 18.3 Å². The molecule has 6 heteroatoms. The van der Waals surface area contributed by atoms with Crippen LogP contribution < -0.4 is 5.32 Å². The molecule has 0 fully saturated rings. The van der Waals surface area contributed by atoms with E-state index in [2.05, 4.69) is 5.32 Å². The zero-order valence-corrected chi connectivity index (χ0v) is 12.3. The Kier molecular flexibility index (Phi) is 5.11. The molecule has 2 rings (SSSR count). The van der Waals surface area contributed by atoms with E-state index in [4.69, 9.17) is 16.3 Å². The van der Waals surface area contributed by atoms with Crippen molar-refractivity contribution in [3.05, 3.63) is 57.0 Å². The van der Waals surface area contributed by atoms with E-state index < -0.39 is 6.10 Å². The Bertz CT molecular complexity index is 602. The predicted molar refractivity (Wildman–Crippen MR) is 77.8 cm³/mol. The Hall–Kier alpha value is -1.43. The van der Waals surface area contributed by atoms with Gasteiger partial charge in [-0.15, -0.1) is 11.3 Å². The smallest absolute Gasteiger partial charge is 0.261 e. The topological polar surface area (TPSA) is 38.3 Å². The van der Waals surface area contributed by atoms with Gasteiger partial charge in [-0.3, -0.25) is 4.79 Å². The van der Waals surface area contributed by atoms with Crippen molar-refractivity contribution >= 4 is 28.8 Å². The van der Waals surface area contributed by atoms with Crippen molar-refractivity contribution in [1.29, 1.82) is 0 Å². The number of methoxy groups -OCH3 is 1. The van der Waals surface area contributed by atoms with E-state index in [9.17, 15) is 9.18 Å². The Morgan fingerprint density at radius 3 is 2.85 bits per heavy atom. The molecule has 1 atom stereocenters. The second kappa shape index (κ2) is 6.83. The zero-order chi connectivity index (χ0) is 14.5. The van der Waals surface area contributed by atoms with E-state index >= 15 is 0 Å². The highest BCUT2D eigenvalue weighted by Gasteiger charge is 2.14. The second-order valence-corrected chi connectivity index (χ2v) is 5.81. The number of hydrogen-bond acceptors (Lipinski definition) is 3. The van der Waals surface area contributed by atoms with Crippen LogP contribution in [0.25, 0.3) is 0 Å². The largest absolute Gasteiger partial charge is 0.375 e. The maximum absolute atomic E-state index is 13.2. The van der Waals surface area contributed by atoms with Gasteiger partial charge in [0, 0.05) is 13.7 Å². The zero-order valence-electron chi connectivity index (χ0n) is 10.7. The molecule has 1 N–H and O–H groups in total. The van der Waals surface area contributed by atoms with Gasteiger partial charge < -0.3 is 10.1 Å². The van der Waals surface area contributed by atoms with Gasteiger partial charge in [-0.2, -0.15) is 0 Å². The fraction of sp³-hybridized carbons (Fsp3) is 0.214. The van der Waals surface area contributed by atoms with Gasteiger partial charge in [0.2, 0.25) is 0 Å². The lowest BCUT2D eigenvalue weighted by molar-refractivity contribution is 0.0830. The first-order valence-corrected chi connectivity index (χ1v) is 7.11. The van der Waals surface area contributed by atoms with Gasteiger partial charge in [-0.05, 0) is 29.8 Å². The fourth-order valence-electron chi connectivity index (χ4n) is 1.75. The van der Waals surface area contributed by atoms with E-state index in [1.165, 1.54) is 30.6 Å². The molecule has 0 radical (unpaired) electrons. The van der Waals surface area contributed by atoms with Gasteiger partial charge >= 0.3 is 0 Å². The lowest BCUT2D eigenvalue weighted by atomic mass is 10.1. The molecule has 1 unspecified atom stereocenters. The van der Waals surface area contributed by atoms with Crippen LogP contribution in [-0.4, -0.2) is 19.6 Å². The van der Waals surface area contributed by atoms with Crippen LogP contribution in [0.4, 0.5) is 4.39 Å². The van der Waals surface area contributed by atoms with Crippen LogP contribution in [0.3, 0.4) is 0 Å². The number of benzene rings is 1. The first-order chi connectivity index (χ1) is 9.60. The molecule has 0 saturated heterocycles. The van der Waals surface area contributed by atoms with Crippen LogP contribution in [0, 0.1) is 5.82 Å². The molecule has 0 spiro atoms. The molecule has 0 bridgehead atoms. The van der Waals surface area contributed by atoms with Crippen molar-refractivity contribution in [3.63, 3.8) is 0 Å². The molecule has 0 aliphatic rings. The Balaban J connectivity index is 1.99. The van der Waals surface area contributed by atoms with Gasteiger partial charge in [-0.1, -0.05) is 23.7 Å². The van der Waals surface area contributed by atoms with Gasteiger partial charge in [-0.25, -0.2) is 4.39 Å². The molecule has 3 nitrogen and oxygen atoms in total. The van der Waals surface area contributed by atoms with E-state index in [0.29, 0.717) is 14.8 Å². The van der Waals surface area contributed by atoms with Gasteiger partial charge in [0.15, 0.2) is 0 Å². The van der Waals surface area contributed by atoms with E-state index in [0.717, 1.165) is 0 Å². The molecule has 1 aromatic carbocycles. The Labute approximate surface area is 125 Å². The number of carbonyl (C=O) groups is 1. The normalized spacial score (nSPS) is 12.2. The van der Waals surface area contributed by atoms with Crippen LogP contribution in [0.1, 0.15) is 21.3 Å². The number of halogens is 2. The first kappa shape index (κ1) is 15.0. The third-order valence-corrected chi connectivity index (χ3v) is 3.98. The second-order valence-electron chi connectivity index (χ2n) is 4.09. The van der Waals surface area contributed by atoms with Crippen molar-refractivity contribution < 1.29 is 13.9 Å². The molecule has 0 saturated carbocycles. The summed E-state index contributed by atoms with van der Waals surface area (Å²) in [5, 5.41) is 2.75. The summed E-state index contributed by atoms with van der Waals surface area (Å²) in [5.74, 6) is -0.554. The summed E-state index contributed by atoms with van der Waals surface area (Å²) in [6, 6.07) is 9.45. The highest BCUT2D eigenvalue weighted by molar-refractivity contribution is 7.17. The van der Waals surface area contributed by atoms with Crippen molar-refractivity contribution in [3.8, 4) is 0 Å². The van der Waals surface area contributed by atoms with Crippen molar-refractivity contribution in [2.24, 2.45) is 0 Å². The summed E-state index contributed by atoms with van der Waals surface area (Å²) in [5.41, 5.74) is 0.678. The summed E-state index contributed by atoms with van der Waals surface area (Å²) in [7, 11) is 1.52. The van der Waals surface area contributed by atoms with Crippen molar-refractivity contribution in [2.45, 2.75) is 6.10 Å². The number of rotatable bonds is 5. The minimum atomic E-state index is -0.398. The van der Waals surface area contributed by atoms with Crippen molar-refractivity contribution in [2.75, 3.05) is 13.7 Å². The lowest BCUT2D eigenvalue weighted by Gasteiger charge is -2.16. The van der Waals surface area contributed by atoms with Gasteiger partial charge in [0.1, 0.15) is 5.82 Å². The minimum absolute atomic E-state index is 0.222. The maximum atomic E-state index is 13.2. The number of ether oxygens (including phenoxy) is 1. The standard InChI is InChI=1S/C14H13ClFNO2S/c1-19-11(9-3-2-4-10(16)7-9)8-17-14(18)12-5-6-13(15)20-12/h2-7,11H,8H2,1H3,(H,17,18). The predicted octanol–water partition coefficient (Wildman–Crippen LogP) is 3.66. The van der Waals surface area contributed by atoms with Crippen LogP contribution in [0.2, 0.25) is 4.34 Å². The van der Waals surface area contributed by atoms with Crippen LogP contribution in [-0.2, 0) is 4.74 Å². The van der Waals surface area contributed by atoms with Crippen LogP contribution in [0.15, 0.2) is 36.4 Å². The fourth-order valence-corrected chi connectivity index (χ4v) is 2.71. The molecule has 20 heavy (non-hydrogen) atoms. The van der Waals surface area contributed by atoms with Crippen LogP contribution in [0.5, 0.6) is 0 Å². The number of thiophene rings is 1. The molecule has 2 aromatic rings. The van der Waals surface area contributed by atoms with Crippen LogP contribution >= 0.6 is 22.9 Å². The number of amides is 1. The average Bonchev–Trinajstić information content (AvgIpc) is 2.86. The highest BCUT2D eigenvalue weighted by atomic mass is 35.5. The first-order valence-electron chi connectivity index (χ1n) is 5.92. The molecule has 0 aliphatic carbocycles. The number of nitrogens with one attached hydrogen (secondary N) is 1. The molecule has 1 amide bonds. The summed E-state index contributed by atoms with van der Waals surface area (Å²) >= 11 is 6.99. The Morgan fingerprint density at radius 1 is 1.45 bits per heavy atom. The molecule has 106 valence electrons. The molecule has 1 heterocycles. The third-order valence-electron chi connectivity index (χ3n) is 2.75. The lowest BCUT2D eigenvalue weighted by Crippen LogP contribution is -2.28. The highest BCUT2D eigenvalue weighted by Crippen LogP contribution is 2.22. The minimum Gasteiger partial charge on any atom is -0.375 e. The molecular formula is C14H13ClFNO2S. The summed E-state index contributed by atoms with van der Waals surface area (Å²) in [6.07, 6.45) is -0.398. The quantitative estimate of drug-likeness (QED) is 0.915. The number of carbonyl (C=O) groups excluding carboxylic acids is 1. The monoisotopic (exact) mass is 313 g/mol.